The summed E-state index contributed by atoms with van der Waals surface area (Å²) < 4.78 is 5.72. The summed E-state index contributed by atoms with van der Waals surface area (Å²) in [5.74, 6) is -3.10. The molecule has 1 fully saturated rings. The molecule has 4 atom stereocenters. The van der Waals surface area contributed by atoms with Crippen LogP contribution in [0.1, 0.15) is 6.92 Å². The maximum Gasteiger partial charge on any atom is 0.310 e. The number of carboxylic acid groups (broad SMARTS) is 1. The van der Waals surface area contributed by atoms with Gasteiger partial charge in [-0.15, -0.1) is 0 Å². The Morgan fingerprint density at radius 3 is 2.32 bits per heavy atom. The van der Waals surface area contributed by atoms with Crippen molar-refractivity contribution in [2.45, 2.75) is 18.6 Å². The molecule has 0 aromatic heterocycles. The van der Waals surface area contributed by atoms with E-state index in [1.54, 1.807) is 43.3 Å². The van der Waals surface area contributed by atoms with Crippen LogP contribution in [0.3, 0.4) is 0 Å². The summed E-state index contributed by atoms with van der Waals surface area (Å²) in [4.78, 5) is 24.4. The van der Waals surface area contributed by atoms with E-state index in [1.807, 2.05) is 30.3 Å². The first-order chi connectivity index (χ1) is 13.5. The molecule has 142 valence electrons. The van der Waals surface area contributed by atoms with E-state index < -0.39 is 29.5 Å². The van der Waals surface area contributed by atoms with Gasteiger partial charge in [0.25, 0.3) is 0 Å². The molecule has 2 bridgehead atoms. The molecule has 7 nitrogen and oxygen atoms in total. The number of aliphatic carboxylic acids is 1. The summed E-state index contributed by atoms with van der Waals surface area (Å²) in [6, 6.07) is 16.2. The normalized spacial score (nSPS) is 28.0. The largest absolute Gasteiger partial charge is 0.481 e. The Morgan fingerprint density at radius 1 is 1.04 bits per heavy atom. The average Bonchev–Trinajstić information content (AvgIpc) is 3.22. The van der Waals surface area contributed by atoms with E-state index in [0.717, 1.165) is 5.69 Å². The fourth-order valence-electron chi connectivity index (χ4n) is 3.72. The highest BCUT2D eigenvalue weighted by Gasteiger charge is 2.59. The first kappa shape index (κ1) is 18.1. The highest BCUT2D eigenvalue weighted by molar-refractivity contribution is 5.97. The standard InChI is InChI=1S/C21H19N3O4/c1-21-12-11-16(28-21)17(20(26)27)18(21)19(25)22-13-7-9-15(10-8-13)24-23-14-5-3-2-4-6-14/h2-12,16-18H,1H3,(H,22,25)(H,26,27)/t16-,17+,18-,21+/m1/s1. The minimum absolute atomic E-state index is 0.375. The second kappa shape index (κ2) is 7.01. The van der Waals surface area contributed by atoms with E-state index >= 15 is 0 Å². The molecular weight excluding hydrogens is 358 g/mol. The molecule has 1 amide bonds. The Kier molecular flexibility index (Phi) is 4.52. The molecule has 0 spiro atoms. The van der Waals surface area contributed by atoms with Crippen molar-refractivity contribution in [1.29, 1.82) is 0 Å². The van der Waals surface area contributed by atoms with Crippen molar-refractivity contribution in [3.63, 3.8) is 0 Å². The van der Waals surface area contributed by atoms with E-state index in [0.29, 0.717) is 11.4 Å². The van der Waals surface area contributed by atoms with Gasteiger partial charge >= 0.3 is 5.97 Å². The van der Waals surface area contributed by atoms with Gasteiger partial charge in [-0.05, 0) is 43.3 Å². The molecule has 0 unspecified atom stereocenters. The van der Waals surface area contributed by atoms with E-state index in [2.05, 4.69) is 15.5 Å². The number of hydrogen-bond donors (Lipinski definition) is 2. The van der Waals surface area contributed by atoms with Gasteiger partial charge in [0.1, 0.15) is 5.92 Å². The number of benzene rings is 2. The zero-order chi connectivity index (χ0) is 19.7. The van der Waals surface area contributed by atoms with Crippen LogP contribution in [0, 0.1) is 11.8 Å². The second-order valence-electron chi connectivity index (χ2n) is 7.04. The van der Waals surface area contributed by atoms with Gasteiger partial charge in [-0.3, -0.25) is 9.59 Å². The molecule has 2 heterocycles. The lowest BCUT2D eigenvalue weighted by Crippen LogP contribution is -2.44. The minimum Gasteiger partial charge on any atom is -0.481 e. The highest BCUT2D eigenvalue weighted by Crippen LogP contribution is 2.47. The minimum atomic E-state index is -1.03. The first-order valence-corrected chi connectivity index (χ1v) is 8.94. The zero-order valence-electron chi connectivity index (χ0n) is 15.1. The maximum atomic E-state index is 12.8. The lowest BCUT2D eigenvalue weighted by molar-refractivity contribution is -0.146. The molecule has 0 saturated carbocycles. The van der Waals surface area contributed by atoms with Gasteiger partial charge in [-0.1, -0.05) is 30.4 Å². The molecular formula is C21H19N3O4. The summed E-state index contributed by atoms with van der Waals surface area (Å²) in [6.07, 6.45) is 2.92. The monoisotopic (exact) mass is 377 g/mol. The Morgan fingerprint density at radius 2 is 1.68 bits per heavy atom. The van der Waals surface area contributed by atoms with Gasteiger partial charge < -0.3 is 15.2 Å². The van der Waals surface area contributed by atoms with Crippen molar-refractivity contribution >= 4 is 28.9 Å². The first-order valence-electron chi connectivity index (χ1n) is 8.94. The van der Waals surface area contributed by atoms with Crippen LogP contribution in [0.5, 0.6) is 0 Å². The zero-order valence-corrected chi connectivity index (χ0v) is 15.1. The summed E-state index contributed by atoms with van der Waals surface area (Å²) >= 11 is 0. The van der Waals surface area contributed by atoms with Crippen LogP contribution < -0.4 is 5.32 Å². The summed E-state index contributed by atoms with van der Waals surface area (Å²) in [6.45, 7) is 1.74. The van der Waals surface area contributed by atoms with E-state index in [4.69, 9.17) is 4.74 Å². The number of hydrogen-bond acceptors (Lipinski definition) is 5. The number of carbonyl (C=O) groups excluding carboxylic acids is 1. The van der Waals surface area contributed by atoms with Crippen molar-refractivity contribution < 1.29 is 19.4 Å². The number of azo groups is 1. The number of nitrogens with one attached hydrogen (secondary N) is 1. The molecule has 2 aliphatic rings. The molecule has 7 heteroatoms. The molecule has 28 heavy (non-hydrogen) atoms. The molecule has 1 saturated heterocycles. The second-order valence-corrected chi connectivity index (χ2v) is 7.04. The average molecular weight is 377 g/mol. The third kappa shape index (κ3) is 3.32. The maximum absolute atomic E-state index is 12.8. The summed E-state index contributed by atoms with van der Waals surface area (Å²) in [5.41, 5.74) is 1.05. The SMILES string of the molecule is C[C@@]12C=C[C@@H](O1)[C@H](C(=O)O)[C@@H]2C(=O)Nc1ccc(N=Nc2ccccc2)cc1. The Hall–Kier alpha value is -3.32. The van der Waals surface area contributed by atoms with Crippen LogP contribution in [-0.4, -0.2) is 28.7 Å². The predicted octanol–water partition coefficient (Wildman–Crippen LogP) is 4.08. The number of rotatable bonds is 5. The molecule has 0 aliphatic carbocycles. The van der Waals surface area contributed by atoms with E-state index in [9.17, 15) is 14.7 Å². The molecule has 2 aromatic rings. The van der Waals surface area contributed by atoms with Crippen molar-refractivity contribution in [2.24, 2.45) is 22.1 Å². The van der Waals surface area contributed by atoms with Crippen molar-refractivity contribution in [3.8, 4) is 0 Å². The molecule has 4 rings (SSSR count). The number of carbonyl (C=O) groups is 2. The van der Waals surface area contributed by atoms with Crippen LogP contribution in [0.15, 0.2) is 77.0 Å². The van der Waals surface area contributed by atoms with Gasteiger partial charge in [-0.2, -0.15) is 10.2 Å². The lowest BCUT2D eigenvalue weighted by atomic mass is 9.75. The van der Waals surface area contributed by atoms with Gasteiger partial charge in [0.05, 0.1) is 29.0 Å². The fraction of sp³-hybridized carbons (Fsp3) is 0.238. The Bertz CT molecular complexity index is 955. The number of ether oxygens (including phenoxy) is 1. The van der Waals surface area contributed by atoms with Crippen LogP contribution in [0.25, 0.3) is 0 Å². The van der Waals surface area contributed by atoms with Crippen molar-refractivity contribution in [2.75, 3.05) is 5.32 Å². The highest BCUT2D eigenvalue weighted by atomic mass is 16.5. The Labute approximate surface area is 161 Å². The predicted molar refractivity (Wildman–Crippen MR) is 103 cm³/mol. The molecule has 2 N–H and O–H groups in total. The lowest BCUT2D eigenvalue weighted by Gasteiger charge is -2.27. The quantitative estimate of drug-likeness (QED) is 0.605. The smallest absolute Gasteiger partial charge is 0.310 e. The fourth-order valence-corrected chi connectivity index (χ4v) is 3.72. The number of fused-ring (bicyclic) bond motifs is 2. The molecule has 2 aromatic carbocycles. The molecule has 0 radical (unpaired) electrons. The number of anilines is 1. The van der Waals surface area contributed by atoms with Gasteiger partial charge in [0.2, 0.25) is 5.91 Å². The van der Waals surface area contributed by atoms with Gasteiger partial charge in [0, 0.05) is 5.69 Å². The van der Waals surface area contributed by atoms with Crippen LogP contribution >= 0.6 is 0 Å². The van der Waals surface area contributed by atoms with E-state index in [-0.39, 0.29) is 5.91 Å². The summed E-state index contributed by atoms with van der Waals surface area (Å²) in [7, 11) is 0. The van der Waals surface area contributed by atoms with E-state index in [1.165, 1.54) is 0 Å². The van der Waals surface area contributed by atoms with Crippen LogP contribution in [-0.2, 0) is 14.3 Å². The van der Waals surface area contributed by atoms with Crippen molar-refractivity contribution in [1.82, 2.24) is 0 Å². The van der Waals surface area contributed by atoms with Gasteiger partial charge in [0.15, 0.2) is 0 Å². The Balaban J connectivity index is 1.46. The van der Waals surface area contributed by atoms with Crippen LogP contribution in [0.2, 0.25) is 0 Å². The van der Waals surface area contributed by atoms with Crippen molar-refractivity contribution in [3.05, 3.63) is 66.7 Å². The topological polar surface area (TPSA) is 100 Å². The van der Waals surface area contributed by atoms with Crippen LogP contribution in [0.4, 0.5) is 17.1 Å². The van der Waals surface area contributed by atoms with Gasteiger partial charge in [-0.25, -0.2) is 0 Å². The third-order valence-corrected chi connectivity index (χ3v) is 5.08. The summed E-state index contributed by atoms with van der Waals surface area (Å²) in [5, 5.41) is 20.6. The third-order valence-electron chi connectivity index (χ3n) is 5.08. The number of amides is 1. The number of nitrogens with zero attached hydrogens (tertiary/aromatic N) is 2. The molecule has 2 aliphatic heterocycles. The number of carboxylic acids is 1.